The zero-order valence-electron chi connectivity index (χ0n) is 11.5. The molecule has 0 aliphatic heterocycles. The van der Waals surface area contributed by atoms with E-state index in [4.69, 9.17) is 9.84 Å². The van der Waals surface area contributed by atoms with Crippen molar-refractivity contribution in [1.29, 1.82) is 0 Å². The molecule has 0 fully saturated rings. The first-order chi connectivity index (χ1) is 8.93. The van der Waals surface area contributed by atoms with E-state index >= 15 is 0 Å². The second kappa shape index (κ2) is 7.09. The van der Waals surface area contributed by atoms with Gasteiger partial charge in [0.15, 0.2) is 0 Å². The van der Waals surface area contributed by atoms with Crippen molar-refractivity contribution >= 4 is 5.97 Å². The maximum atomic E-state index is 13.8. The van der Waals surface area contributed by atoms with Gasteiger partial charge in [0.25, 0.3) is 0 Å². The van der Waals surface area contributed by atoms with Gasteiger partial charge in [-0.3, -0.25) is 9.69 Å². The Hall–Kier alpha value is -1.62. The van der Waals surface area contributed by atoms with Gasteiger partial charge in [0.2, 0.25) is 0 Å². The molecule has 4 nitrogen and oxygen atoms in total. The van der Waals surface area contributed by atoms with Gasteiger partial charge in [0.1, 0.15) is 11.6 Å². The number of hydrogen-bond acceptors (Lipinski definition) is 3. The predicted octanol–water partition coefficient (Wildman–Crippen LogP) is 2.52. The van der Waals surface area contributed by atoms with Gasteiger partial charge >= 0.3 is 5.97 Å². The van der Waals surface area contributed by atoms with Gasteiger partial charge in [-0.15, -0.1) is 0 Å². The summed E-state index contributed by atoms with van der Waals surface area (Å²) in [7, 11) is 1.49. The fourth-order valence-electron chi connectivity index (χ4n) is 1.76. The van der Waals surface area contributed by atoms with Crippen LogP contribution in [0.3, 0.4) is 0 Å². The summed E-state index contributed by atoms with van der Waals surface area (Å²) < 4.78 is 18.8. The second-order valence-corrected chi connectivity index (χ2v) is 4.67. The van der Waals surface area contributed by atoms with Gasteiger partial charge in [-0.05, 0) is 19.9 Å². The molecule has 1 aromatic rings. The normalized spacial score (nSPS) is 11.1. The number of benzene rings is 1. The van der Waals surface area contributed by atoms with Crippen LogP contribution in [0.2, 0.25) is 0 Å². The zero-order chi connectivity index (χ0) is 14.4. The van der Waals surface area contributed by atoms with Crippen LogP contribution in [-0.2, 0) is 11.3 Å². The van der Waals surface area contributed by atoms with Crippen molar-refractivity contribution < 1.29 is 19.0 Å². The molecule has 1 N–H and O–H groups in total. The van der Waals surface area contributed by atoms with E-state index in [-0.39, 0.29) is 18.3 Å². The molecule has 0 aliphatic carbocycles. The number of methoxy groups -OCH3 is 1. The number of ether oxygens (including phenoxy) is 1. The first-order valence-corrected chi connectivity index (χ1v) is 6.22. The molecule has 0 saturated heterocycles. The van der Waals surface area contributed by atoms with Crippen molar-refractivity contribution in [2.75, 3.05) is 13.7 Å². The lowest BCUT2D eigenvalue weighted by atomic mass is 10.1. The van der Waals surface area contributed by atoms with Crippen LogP contribution in [0.15, 0.2) is 18.2 Å². The number of rotatable bonds is 7. The molecule has 1 aromatic carbocycles. The zero-order valence-corrected chi connectivity index (χ0v) is 11.5. The first-order valence-electron chi connectivity index (χ1n) is 6.22. The van der Waals surface area contributed by atoms with Gasteiger partial charge in [0.05, 0.1) is 13.5 Å². The summed E-state index contributed by atoms with van der Waals surface area (Å²) in [6, 6.07) is 4.87. The third-order valence-corrected chi connectivity index (χ3v) is 2.98. The number of aliphatic carboxylic acids is 1. The molecule has 0 atom stereocenters. The van der Waals surface area contributed by atoms with E-state index in [2.05, 4.69) is 0 Å². The Morgan fingerprint density at radius 3 is 2.63 bits per heavy atom. The lowest BCUT2D eigenvalue weighted by Crippen LogP contribution is -2.32. The lowest BCUT2D eigenvalue weighted by molar-refractivity contribution is -0.137. The van der Waals surface area contributed by atoms with Crippen molar-refractivity contribution in [3.05, 3.63) is 29.6 Å². The minimum absolute atomic E-state index is 0.0515. The van der Waals surface area contributed by atoms with Gasteiger partial charge in [0, 0.05) is 30.8 Å². The van der Waals surface area contributed by atoms with Crippen molar-refractivity contribution in [3.8, 4) is 5.75 Å². The van der Waals surface area contributed by atoms with Gasteiger partial charge in [-0.2, -0.15) is 0 Å². The van der Waals surface area contributed by atoms with Crippen molar-refractivity contribution in [1.82, 2.24) is 4.90 Å². The maximum Gasteiger partial charge on any atom is 0.304 e. The monoisotopic (exact) mass is 269 g/mol. The SMILES string of the molecule is COc1ccc(CN(CCC(=O)O)C(C)C)c(F)c1. The summed E-state index contributed by atoms with van der Waals surface area (Å²) in [5.41, 5.74) is 0.542. The Balaban J connectivity index is 2.75. The minimum Gasteiger partial charge on any atom is -0.497 e. The highest BCUT2D eigenvalue weighted by Gasteiger charge is 2.14. The molecule has 0 amide bonds. The molecule has 0 unspecified atom stereocenters. The van der Waals surface area contributed by atoms with Crippen LogP contribution in [0.4, 0.5) is 4.39 Å². The number of nitrogens with zero attached hydrogens (tertiary/aromatic N) is 1. The minimum atomic E-state index is -0.846. The molecule has 1 rings (SSSR count). The molecule has 0 aromatic heterocycles. The quantitative estimate of drug-likeness (QED) is 0.826. The highest BCUT2D eigenvalue weighted by molar-refractivity contribution is 5.66. The molecule has 0 aliphatic rings. The molecule has 0 radical (unpaired) electrons. The van der Waals surface area contributed by atoms with E-state index in [1.807, 2.05) is 18.7 Å². The molecule has 0 heterocycles. The Labute approximate surface area is 112 Å². The van der Waals surface area contributed by atoms with E-state index in [9.17, 15) is 9.18 Å². The Morgan fingerprint density at radius 2 is 2.16 bits per heavy atom. The van der Waals surface area contributed by atoms with Crippen LogP contribution < -0.4 is 4.74 Å². The molecule has 0 saturated carbocycles. The lowest BCUT2D eigenvalue weighted by Gasteiger charge is -2.26. The van der Waals surface area contributed by atoms with Crippen LogP contribution in [0.1, 0.15) is 25.8 Å². The highest BCUT2D eigenvalue weighted by Crippen LogP contribution is 2.18. The summed E-state index contributed by atoms with van der Waals surface area (Å²) >= 11 is 0. The van der Waals surface area contributed by atoms with Crippen molar-refractivity contribution in [2.45, 2.75) is 32.9 Å². The standard InChI is InChI=1S/C14H20FNO3/c1-10(2)16(7-6-14(17)18)9-11-4-5-12(19-3)8-13(11)15/h4-5,8,10H,6-7,9H2,1-3H3,(H,17,18). The Bertz CT molecular complexity index is 435. The molecule has 5 heteroatoms. The van der Waals surface area contributed by atoms with Crippen molar-refractivity contribution in [3.63, 3.8) is 0 Å². The van der Waals surface area contributed by atoms with E-state index in [0.29, 0.717) is 24.4 Å². The van der Waals surface area contributed by atoms with Crippen LogP contribution in [0, 0.1) is 5.82 Å². The van der Waals surface area contributed by atoms with Crippen LogP contribution >= 0.6 is 0 Å². The molecule has 0 bridgehead atoms. The molecular formula is C14H20FNO3. The largest absolute Gasteiger partial charge is 0.497 e. The van der Waals surface area contributed by atoms with Crippen molar-refractivity contribution in [2.24, 2.45) is 0 Å². The summed E-state index contributed by atoms with van der Waals surface area (Å²) in [4.78, 5) is 12.5. The molecule has 0 spiro atoms. The van der Waals surface area contributed by atoms with Gasteiger partial charge in [-0.25, -0.2) is 4.39 Å². The maximum absolute atomic E-state index is 13.8. The Kier molecular flexibility index (Phi) is 5.76. The van der Waals surface area contributed by atoms with E-state index < -0.39 is 5.97 Å². The molecular weight excluding hydrogens is 249 g/mol. The summed E-state index contributed by atoms with van der Waals surface area (Å²) in [5.74, 6) is -0.705. The van der Waals surface area contributed by atoms with Crippen LogP contribution in [0.25, 0.3) is 0 Å². The summed E-state index contributed by atoms with van der Waals surface area (Å²) in [6.07, 6.45) is 0.0515. The number of hydrogen-bond donors (Lipinski definition) is 1. The van der Waals surface area contributed by atoms with Crippen LogP contribution in [0.5, 0.6) is 5.75 Å². The number of carbonyl (C=O) groups is 1. The number of carboxylic acids is 1. The van der Waals surface area contributed by atoms with E-state index in [1.165, 1.54) is 13.2 Å². The van der Waals surface area contributed by atoms with E-state index in [0.717, 1.165) is 0 Å². The van der Waals surface area contributed by atoms with Gasteiger partial charge < -0.3 is 9.84 Å². The predicted molar refractivity (Wildman–Crippen MR) is 70.8 cm³/mol. The number of halogens is 1. The number of carboxylic acid groups (broad SMARTS) is 1. The first kappa shape index (κ1) is 15.4. The summed E-state index contributed by atoms with van der Waals surface area (Å²) in [6.45, 7) is 4.71. The van der Waals surface area contributed by atoms with Crippen LogP contribution in [-0.4, -0.2) is 35.7 Å². The Morgan fingerprint density at radius 1 is 1.47 bits per heavy atom. The molecule has 106 valence electrons. The fourth-order valence-corrected chi connectivity index (χ4v) is 1.76. The second-order valence-electron chi connectivity index (χ2n) is 4.67. The summed E-state index contributed by atoms with van der Waals surface area (Å²) in [5, 5.41) is 8.72. The third kappa shape index (κ3) is 4.87. The smallest absolute Gasteiger partial charge is 0.304 e. The average Bonchev–Trinajstić information content (AvgIpc) is 2.35. The fraction of sp³-hybridized carbons (Fsp3) is 0.500. The van der Waals surface area contributed by atoms with E-state index in [1.54, 1.807) is 12.1 Å². The molecule has 19 heavy (non-hydrogen) atoms. The third-order valence-electron chi connectivity index (χ3n) is 2.98. The van der Waals surface area contributed by atoms with Gasteiger partial charge in [-0.1, -0.05) is 6.07 Å². The average molecular weight is 269 g/mol. The highest BCUT2D eigenvalue weighted by atomic mass is 19.1. The topological polar surface area (TPSA) is 49.8 Å².